The molecule has 2 rings (SSSR count). The number of likely N-dealkylation sites (tertiary alicyclic amines) is 1. The van der Waals surface area contributed by atoms with Crippen molar-refractivity contribution in [2.24, 2.45) is 17.8 Å². The van der Waals surface area contributed by atoms with Crippen LogP contribution in [0.4, 0.5) is 0 Å². The second-order valence-electron chi connectivity index (χ2n) is 25.0. The lowest BCUT2D eigenvalue weighted by molar-refractivity contribution is -0.150. The summed E-state index contributed by atoms with van der Waals surface area (Å²) in [7, 11) is 1.35. The van der Waals surface area contributed by atoms with Crippen molar-refractivity contribution >= 4 is 47.0 Å². The molecule has 0 bridgehead atoms. The van der Waals surface area contributed by atoms with Crippen LogP contribution in [-0.2, 0) is 54.3 Å². The van der Waals surface area contributed by atoms with Gasteiger partial charge in [-0.1, -0.05) is 78.4 Å². The molecule has 1 heterocycles. The van der Waals surface area contributed by atoms with E-state index < -0.39 is 118 Å². The third-order valence-electron chi connectivity index (χ3n) is 13.5. The van der Waals surface area contributed by atoms with Gasteiger partial charge in [0.2, 0.25) is 29.5 Å². The molecule has 6 amide bonds. The van der Waals surface area contributed by atoms with Gasteiger partial charge in [0.15, 0.2) is 11.9 Å². The van der Waals surface area contributed by atoms with Crippen LogP contribution in [0, 0.1) is 17.8 Å². The average Bonchev–Trinajstić information content (AvgIpc) is 3.82. The van der Waals surface area contributed by atoms with Crippen LogP contribution in [0.1, 0.15) is 200 Å². The zero-order chi connectivity index (χ0) is 59.3. The quantitative estimate of drug-likeness (QED) is 0.0382. The van der Waals surface area contributed by atoms with Crippen LogP contribution in [-0.4, -0.2) is 136 Å². The second-order valence-corrected chi connectivity index (χ2v) is 25.0. The van der Waals surface area contributed by atoms with Crippen LogP contribution in [0.3, 0.4) is 0 Å². The van der Waals surface area contributed by atoms with Gasteiger partial charge in [0, 0.05) is 51.1 Å². The summed E-state index contributed by atoms with van der Waals surface area (Å²) in [6.45, 7) is 29.3. The van der Waals surface area contributed by atoms with Gasteiger partial charge in [0.1, 0.15) is 41.3 Å². The summed E-state index contributed by atoms with van der Waals surface area (Å²) in [5, 5.41) is 24.1. The standard InChI is InChI=1S/C60H102N6O12/c1-18-19-20-21-22-23-24-26-44(67)36-43(33-37(2)3)53(71)65-50(41(7)77-59(11,12)13)57(75)66-32-25-27-47(66)55(73)64-49(40(6)76-58(8,9)10)48(68)34-38(4)52(70)63-46(54(72)62-39(5)51(69)56(74)61-17)35-42-28-30-45(31-29-42)78-60(14,15)16/h28-31,37-41,43,46-47,49-51,69H,18-27,32-36H2,1-17H3,(H,61,74)(H,62,72)(H,63,70)(H,64,73)(H,65,71)/t38-,39?,40?,41?,43-,46+,47-,49+,50+,51?/m1/s1. The molecule has 1 aliphatic rings. The Morgan fingerprint density at radius 2 is 1.23 bits per heavy atom. The summed E-state index contributed by atoms with van der Waals surface area (Å²) >= 11 is 0. The van der Waals surface area contributed by atoms with E-state index in [1.807, 2.05) is 55.4 Å². The molecule has 0 aliphatic carbocycles. The number of likely N-dealkylation sites (N-methyl/N-ethyl adjacent to an activating group) is 1. The molecule has 1 fully saturated rings. The van der Waals surface area contributed by atoms with Crippen molar-refractivity contribution in [3.8, 4) is 5.75 Å². The van der Waals surface area contributed by atoms with E-state index in [0.29, 0.717) is 30.6 Å². The first-order valence-electron chi connectivity index (χ1n) is 28.8. The summed E-state index contributed by atoms with van der Waals surface area (Å²) in [6, 6.07) is 1.25. The number of hydrogen-bond donors (Lipinski definition) is 6. The van der Waals surface area contributed by atoms with Gasteiger partial charge in [-0.2, -0.15) is 0 Å². The number of hydrogen-bond acceptors (Lipinski definition) is 12. The number of nitrogens with one attached hydrogen (secondary N) is 5. The number of carbonyl (C=O) groups is 8. The van der Waals surface area contributed by atoms with Gasteiger partial charge in [-0.3, -0.25) is 38.4 Å². The van der Waals surface area contributed by atoms with Crippen molar-refractivity contribution in [3.63, 3.8) is 0 Å². The number of benzene rings is 1. The smallest absolute Gasteiger partial charge is 0.250 e. The second kappa shape index (κ2) is 32.3. The van der Waals surface area contributed by atoms with E-state index in [-0.39, 0.29) is 43.9 Å². The Bertz CT molecular complexity index is 2090. The van der Waals surface area contributed by atoms with Crippen LogP contribution >= 0.6 is 0 Å². The van der Waals surface area contributed by atoms with Gasteiger partial charge in [-0.15, -0.1) is 0 Å². The number of aliphatic hydroxyl groups is 1. The molecular weight excluding hydrogens is 997 g/mol. The fraction of sp³-hybridized carbons (Fsp3) is 0.767. The topological polar surface area (TPSA) is 248 Å². The van der Waals surface area contributed by atoms with Crippen molar-refractivity contribution in [1.29, 1.82) is 0 Å². The van der Waals surface area contributed by atoms with E-state index in [9.17, 15) is 43.5 Å². The van der Waals surface area contributed by atoms with E-state index in [1.165, 1.54) is 45.1 Å². The number of unbranched alkanes of at least 4 members (excludes halogenated alkanes) is 6. The highest BCUT2D eigenvalue weighted by Gasteiger charge is 2.43. The van der Waals surface area contributed by atoms with E-state index >= 15 is 0 Å². The molecule has 0 saturated carbocycles. The molecule has 0 spiro atoms. The minimum atomic E-state index is -1.58. The van der Waals surface area contributed by atoms with E-state index in [1.54, 1.807) is 58.9 Å². The number of ketones is 2. The van der Waals surface area contributed by atoms with Gasteiger partial charge in [-0.25, -0.2) is 0 Å². The number of nitrogens with zero attached hydrogens (tertiary/aromatic N) is 1. The summed E-state index contributed by atoms with van der Waals surface area (Å²) in [5.74, 6) is -5.16. The van der Waals surface area contributed by atoms with E-state index in [4.69, 9.17) is 14.2 Å². The number of carbonyl (C=O) groups excluding carboxylic acids is 8. The predicted octanol–water partition coefficient (Wildman–Crippen LogP) is 7.23. The molecule has 6 N–H and O–H groups in total. The molecule has 18 nitrogen and oxygen atoms in total. The maximum atomic E-state index is 14.9. The number of amides is 6. The van der Waals surface area contributed by atoms with E-state index in [0.717, 1.165) is 25.7 Å². The van der Waals surface area contributed by atoms with E-state index in [2.05, 4.69) is 33.5 Å². The lowest BCUT2D eigenvalue weighted by atomic mass is 9.90. The molecule has 1 saturated heterocycles. The Morgan fingerprint density at radius 3 is 1.77 bits per heavy atom. The summed E-state index contributed by atoms with van der Waals surface area (Å²) in [4.78, 5) is 113. The number of aliphatic hydroxyl groups excluding tert-OH is 1. The van der Waals surface area contributed by atoms with Gasteiger partial charge >= 0.3 is 0 Å². The summed E-state index contributed by atoms with van der Waals surface area (Å²) in [5.41, 5.74) is -1.27. The number of rotatable bonds is 33. The fourth-order valence-corrected chi connectivity index (χ4v) is 9.71. The zero-order valence-electron chi connectivity index (χ0n) is 50.7. The van der Waals surface area contributed by atoms with Gasteiger partial charge in [-0.05, 0) is 132 Å². The Balaban J connectivity index is 2.41. The van der Waals surface area contributed by atoms with Crippen LogP contribution in [0.5, 0.6) is 5.75 Å². The monoisotopic (exact) mass is 1100 g/mol. The SMILES string of the molecule is CCCCCCCCCC(=O)C[C@@H](CC(C)C)C(=O)N[C@H](C(=O)N1CCC[C@@H]1C(=O)N[C@H](C(=O)C[C@@H](C)C(=O)N[C@@H](Cc1ccc(OC(C)(C)C)cc1)C(=O)NC(C)C(O)C(=O)NC)C(C)OC(C)(C)C)C(C)OC(C)(C)C. The van der Waals surface area contributed by atoms with Crippen molar-refractivity contribution < 1.29 is 57.7 Å². The molecule has 444 valence electrons. The molecule has 10 atom stereocenters. The highest BCUT2D eigenvalue weighted by molar-refractivity contribution is 5.97. The first-order chi connectivity index (χ1) is 36.2. The summed E-state index contributed by atoms with van der Waals surface area (Å²) in [6.07, 6.45) is 5.39. The van der Waals surface area contributed by atoms with Crippen molar-refractivity contribution in [2.45, 2.75) is 266 Å². The summed E-state index contributed by atoms with van der Waals surface area (Å²) < 4.78 is 18.5. The van der Waals surface area contributed by atoms with Crippen molar-refractivity contribution in [2.75, 3.05) is 13.6 Å². The van der Waals surface area contributed by atoms with Crippen LogP contribution in [0.15, 0.2) is 24.3 Å². The first-order valence-corrected chi connectivity index (χ1v) is 28.8. The van der Waals surface area contributed by atoms with Crippen LogP contribution in [0.25, 0.3) is 0 Å². The lowest BCUT2D eigenvalue weighted by Gasteiger charge is -2.36. The molecule has 1 aliphatic heterocycles. The third kappa shape index (κ3) is 25.5. The zero-order valence-corrected chi connectivity index (χ0v) is 50.7. The molecule has 1 aromatic rings. The molecule has 78 heavy (non-hydrogen) atoms. The maximum Gasteiger partial charge on any atom is 0.250 e. The largest absolute Gasteiger partial charge is 0.488 e. The van der Waals surface area contributed by atoms with Crippen LogP contribution in [0.2, 0.25) is 0 Å². The normalized spacial score (nSPS) is 17.6. The fourth-order valence-electron chi connectivity index (χ4n) is 9.71. The van der Waals surface area contributed by atoms with Gasteiger partial charge < -0.3 is 50.8 Å². The number of Topliss-reactive ketones (excluding diaryl/α,β-unsaturated/α-hetero) is 2. The maximum absolute atomic E-state index is 14.9. The third-order valence-corrected chi connectivity index (χ3v) is 13.5. The highest BCUT2D eigenvalue weighted by atomic mass is 16.5. The molecular formula is C60H102N6O12. The Hall–Kier alpha value is -4.94. The Morgan fingerprint density at radius 1 is 0.667 bits per heavy atom. The van der Waals surface area contributed by atoms with Crippen molar-refractivity contribution in [3.05, 3.63) is 29.8 Å². The Kier molecular flexibility index (Phi) is 28.7. The number of ether oxygens (including phenoxy) is 3. The average molecular weight is 1100 g/mol. The molecule has 1 aromatic carbocycles. The lowest BCUT2D eigenvalue weighted by Crippen LogP contribution is -2.60. The predicted molar refractivity (Wildman–Crippen MR) is 303 cm³/mol. The van der Waals surface area contributed by atoms with Crippen LogP contribution < -0.4 is 31.3 Å². The first kappa shape index (κ1) is 69.2. The highest BCUT2D eigenvalue weighted by Crippen LogP contribution is 2.26. The van der Waals surface area contributed by atoms with Crippen molar-refractivity contribution in [1.82, 2.24) is 31.5 Å². The molecule has 18 heteroatoms. The minimum Gasteiger partial charge on any atom is -0.488 e. The van der Waals surface area contributed by atoms with Gasteiger partial charge in [0.25, 0.3) is 5.91 Å². The Labute approximate surface area is 467 Å². The molecule has 0 radical (unpaired) electrons. The minimum absolute atomic E-state index is 0.00573. The molecule has 4 unspecified atom stereocenters. The molecule has 0 aromatic heterocycles. The van der Waals surface area contributed by atoms with Gasteiger partial charge in [0.05, 0.1) is 29.5 Å².